The molecule has 1 aromatic carbocycles. The number of carbonyl (C=O) groups excluding carboxylic acids is 1. The highest BCUT2D eigenvalue weighted by Gasteiger charge is 2.15. The summed E-state index contributed by atoms with van der Waals surface area (Å²) < 4.78 is 9.54. The molecule has 1 amide bonds. The minimum absolute atomic E-state index is 0.410. The smallest absolute Gasteiger partial charge is 0.407 e. The summed E-state index contributed by atoms with van der Waals surface area (Å²) in [5.41, 5.74) is 5.44. The highest BCUT2D eigenvalue weighted by atomic mass is 16.7. The Morgan fingerprint density at radius 3 is 2.60 bits per heavy atom. The number of carbonyl (C=O) groups is 1. The van der Waals surface area contributed by atoms with Crippen LogP contribution in [-0.4, -0.2) is 12.8 Å². The van der Waals surface area contributed by atoms with Crippen LogP contribution in [0.25, 0.3) is 0 Å². The molecule has 6 heteroatoms. The van der Waals surface area contributed by atoms with Crippen LogP contribution in [0.4, 0.5) is 4.79 Å². The molecule has 1 aromatic rings. The van der Waals surface area contributed by atoms with Crippen molar-refractivity contribution in [3.63, 3.8) is 0 Å². The number of ether oxygens (including phenoxy) is 2. The largest absolute Gasteiger partial charge is 0.415 e. The van der Waals surface area contributed by atoms with Crippen LogP contribution in [0, 0.1) is 4.91 Å². The van der Waals surface area contributed by atoms with Gasteiger partial charge in [0.1, 0.15) is 0 Å². The van der Waals surface area contributed by atoms with Crippen LogP contribution in [-0.2, 0) is 9.47 Å². The second kappa shape index (κ2) is 5.71. The van der Waals surface area contributed by atoms with Gasteiger partial charge in [-0.15, -0.1) is 4.91 Å². The van der Waals surface area contributed by atoms with Crippen LogP contribution in [0.1, 0.15) is 11.9 Å². The topological polar surface area (TPSA) is 91.0 Å². The molecule has 0 saturated heterocycles. The van der Waals surface area contributed by atoms with Gasteiger partial charge < -0.3 is 15.2 Å². The summed E-state index contributed by atoms with van der Waals surface area (Å²) in [5, 5.41) is 2.50. The maximum atomic E-state index is 10.6. The van der Waals surface area contributed by atoms with Gasteiger partial charge >= 0.3 is 6.09 Å². The summed E-state index contributed by atoms with van der Waals surface area (Å²) in [7, 11) is 0. The number of rotatable bonds is 5. The van der Waals surface area contributed by atoms with E-state index in [0.717, 1.165) is 0 Å². The summed E-state index contributed by atoms with van der Waals surface area (Å²) in [4.78, 5) is 20.4. The van der Waals surface area contributed by atoms with E-state index in [4.69, 9.17) is 10.5 Å². The zero-order valence-electron chi connectivity index (χ0n) is 7.83. The van der Waals surface area contributed by atoms with E-state index in [-0.39, 0.29) is 0 Å². The van der Waals surface area contributed by atoms with E-state index < -0.39 is 19.1 Å². The van der Waals surface area contributed by atoms with Crippen LogP contribution >= 0.6 is 0 Å². The fraction of sp³-hybridized carbons (Fsp3) is 0.222. The van der Waals surface area contributed by atoms with E-state index >= 15 is 0 Å². The summed E-state index contributed by atoms with van der Waals surface area (Å²) in [6.45, 7) is -0.410. The van der Waals surface area contributed by atoms with Crippen molar-refractivity contribution in [1.82, 2.24) is 0 Å². The lowest BCUT2D eigenvalue weighted by molar-refractivity contribution is -0.103. The number of primary amides is 1. The van der Waals surface area contributed by atoms with E-state index in [1.807, 2.05) is 0 Å². The Hall–Kier alpha value is -1.95. The Morgan fingerprint density at radius 1 is 1.40 bits per heavy atom. The van der Waals surface area contributed by atoms with E-state index in [1.165, 1.54) is 0 Å². The Labute approximate surface area is 85.9 Å². The number of nitrogens with two attached hydrogens (primary N) is 1. The molecule has 1 atom stereocenters. The average molecular weight is 210 g/mol. The Kier molecular flexibility index (Phi) is 4.24. The first-order valence-corrected chi connectivity index (χ1v) is 4.16. The monoisotopic (exact) mass is 210 g/mol. The lowest BCUT2D eigenvalue weighted by atomic mass is 10.2. The van der Waals surface area contributed by atoms with Gasteiger partial charge in [0, 0.05) is 5.56 Å². The second-order valence-corrected chi connectivity index (χ2v) is 2.60. The minimum Gasteiger partial charge on any atom is -0.415 e. The molecular weight excluding hydrogens is 200 g/mol. The van der Waals surface area contributed by atoms with Crippen molar-refractivity contribution < 1.29 is 14.3 Å². The molecule has 0 aliphatic heterocycles. The molecule has 15 heavy (non-hydrogen) atoms. The van der Waals surface area contributed by atoms with Gasteiger partial charge in [0.2, 0.25) is 6.29 Å². The van der Waals surface area contributed by atoms with Gasteiger partial charge in [-0.25, -0.2) is 4.79 Å². The second-order valence-electron chi connectivity index (χ2n) is 2.60. The molecule has 0 saturated carbocycles. The third-order valence-corrected chi connectivity index (χ3v) is 1.57. The van der Waals surface area contributed by atoms with Crippen molar-refractivity contribution in [2.24, 2.45) is 10.9 Å². The molecule has 1 rings (SSSR count). The van der Waals surface area contributed by atoms with Crippen molar-refractivity contribution in [3.05, 3.63) is 40.8 Å². The van der Waals surface area contributed by atoms with E-state index in [0.29, 0.717) is 5.56 Å². The minimum atomic E-state index is -0.999. The molecule has 0 aromatic heterocycles. The first-order valence-electron chi connectivity index (χ1n) is 4.16. The molecule has 1 unspecified atom stereocenters. The first kappa shape index (κ1) is 11.1. The highest BCUT2D eigenvalue weighted by Crippen LogP contribution is 2.18. The lowest BCUT2D eigenvalue weighted by Gasteiger charge is -2.15. The molecule has 0 spiro atoms. The number of benzene rings is 1. The lowest BCUT2D eigenvalue weighted by Crippen LogP contribution is -2.19. The standard InChI is InChI=1S/C9H10N2O4/c10-9(12)15-8(14-6-11-13)7-4-2-1-3-5-7/h1-5,8H,6H2,(H2,10,12). The van der Waals surface area contributed by atoms with Gasteiger partial charge in [0.05, 0.1) is 0 Å². The normalized spacial score (nSPS) is 11.7. The van der Waals surface area contributed by atoms with Crippen molar-refractivity contribution >= 4 is 6.09 Å². The Balaban J connectivity index is 2.71. The van der Waals surface area contributed by atoms with Crippen LogP contribution < -0.4 is 5.73 Å². The van der Waals surface area contributed by atoms with Crippen molar-refractivity contribution in [3.8, 4) is 0 Å². The van der Waals surface area contributed by atoms with Crippen LogP contribution in [0.15, 0.2) is 35.5 Å². The average Bonchev–Trinajstić information content (AvgIpc) is 2.25. The van der Waals surface area contributed by atoms with Crippen molar-refractivity contribution in [2.45, 2.75) is 6.29 Å². The Morgan fingerprint density at radius 2 is 2.07 bits per heavy atom. The van der Waals surface area contributed by atoms with Crippen LogP contribution in [0.3, 0.4) is 0 Å². The molecule has 6 nitrogen and oxygen atoms in total. The van der Waals surface area contributed by atoms with Crippen LogP contribution in [0.5, 0.6) is 0 Å². The molecular formula is C9H10N2O4. The molecule has 80 valence electrons. The fourth-order valence-electron chi connectivity index (χ4n) is 1.01. The zero-order valence-corrected chi connectivity index (χ0v) is 7.83. The van der Waals surface area contributed by atoms with Gasteiger partial charge in [0.25, 0.3) is 0 Å². The third kappa shape index (κ3) is 3.74. The maximum Gasteiger partial charge on any atom is 0.407 e. The number of hydrogen-bond acceptors (Lipinski definition) is 5. The predicted octanol–water partition coefficient (Wildman–Crippen LogP) is 1.52. The predicted molar refractivity (Wildman–Crippen MR) is 51.6 cm³/mol. The van der Waals surface area contributed by atoms with Gasteiger partial charge in [-0.2, -0.15) is 0 Å². The number of amides is 1. The van der Waals surface area contributed by atoms with E-state index in [9.17, 15) is 9.70 Å². The molecule has 0 fully saturated rings. The maximum absolute atomic E-state index is 10.6. The molecule has 0 heterocycles. The number of hydrogen-bond donors (Lipinski definition) is 1. The van der Waals surface area contributed by atoms with Gasteiger partial charge in [-0.05, 0) is 5.18 Å². The quantitative estimate of drug-likeness (QED) is 0.589. The van der Waals surface area contributed by atoms with Gasteiger partial charge in [-0.3, -0.25) is 0 Å². The highest BCUT2D eigenvalue weighted by molar-refractivity contribution is 5.64. The Bertz CT molecular complexity index is 328. The molecule has 0 radical (unpaired) electrons. The number of nitrogens with zero attached hydrogens (tertiary/aromatic N) is 1. The van der Waals surface area contributed by atoms with Crippen LogP contribution in [0.2, 0.25) is 0 Å². The number of nitroso groups, excluding NO2 is 1. The van der Waals surface area contributed by atoms with Gasteiger partial charge in [-0.1, -0.05) is 30.3 Å². The molecule has 0 bridgehead atoms. The summed E-state index contributed by atoms with van der Waals surface area (Å²) in [5.74, 6) is 0. The molecule has 0 aliphatic carbocycles. The SMILES string of the molecule is NC(=O)OC(OCN=O)c1ccccc1. The van der Waals surface area contributed by atoms with Gasteiger partial charge in [0.15, 0.2) is 6.73 Å². The van der Waals surface area contributed by atoms with Crippen molar-refractivity contribution in [2.75, 3.05) is 6.73 Å². The first-order chi connectivity index (χ1) is 7.24. The summed E-state index contributed by atoms with van der Waals surface area (Å²) >= 11 is 0. The van der Waals surface area contributed by atoms with E-state index in [2.05, 4.69) is 9.91 Å². The molecule has 0 aliphatic rings. The van der Waals surface area contributed by atoms with E-state index in [1.54, 1.807) is 30.3 Å². The fourth-order valence-corrected chi connectivity index (χ4v) is 1.01. The molecule has 2 N–H and O–H groups in total. The zero-order chi connectivity index (χ0) is 11.1. The summed E-state index contributed by atoms with van der Waals surface area (Å²) in [6, 6.07) is 8.63. The summed E-state index contributed by atoms with van der Waals surface area (Å²) in [6.07, 6.45) is -1.98. The third-order valence-electron chi connectivity index (χ3n) is 1.57. The van der Waals surface area contributed by atoms with Crippen molar-refractivity contribution in [1.29, 1.82) is 0 Å².